The summed E-state index contributed by atoms with van der Waals surface area (Å²) in [6.07, 6.45) is 3.20. The number of nitrogens with zero attached hydrogens (tertiary/aromatic N) is 1. The Balaban J connectivity index is 2.33. The Morgan fingerprint density at radius 2 is 2.42 bits per heavy atom. The molecule has 1 heterocycles. The molecule has 3 heteroatoms. The standard InChI is InChI=1S/C9H15NS2/c1-4-7(2)11-6-9-10-5-8(3)12-9/h5,7H,4,6H2,1-3H3. The van der Waals surface area contributed by atoms with E-state index < -0.39 is 0 Å². The highest BCUT2D eigenvalue weighted by molar-refractivity contribution is 7.99. The zero-order chi connectivity index (χ0) is 8.97. The van der Waals surface area contributed by atoms with Gasteiger partial charge in [-0.1, -0.05) is 13.8 Å². The van der Waals surface area contributed by atoms with Crippen LogP contribution in [0.4, 0.5) is 0 Å². The lowest BCUT2D eigenvalue weighted by molar-refractivity contribution is 0.905. The molecule has 0 amide bonds. The van der Waals surface area contributed by atoms with Crippen molar-refractivity contribution >= 4 is 23.1 Å². The number of aromatic nitrogens is 1. The molecule has 0 fully saturated rings. The van der Waals surface area contributed by atoms with Crippen LogP contribution in [0.25, 0.3) is 0 Å². The summed E-state index contributed by atoms with van der Waals surface area (Å²) in [5.74, 6) is 1.08. The fourth-order valence-electron chi connectivity index (χ4n) is 0.800. The summed E-state index contributed by atoms with van der Waals surface area (Å²) in [7, 11) is 0. The molecule has 0 aliphatic carbocycles. The van der Waals surface area contributed by atoms with Crippen molar-refractivity contribution in [3.8, 4) is 0 Å². The second kappa shape index (κ2) is 4.87. The average Bonchev–Trinajstić information content (AvgIpc) is 2.47. The number of rotatable bonds is 4. The van der Waals surface area contributed by atoms with Gasteiger partial charge in [0.15, 0.2) is 0 Å². The van der Waals surface area contributed by atoms with E-state index in [0.717, 1.165) is 11.0 Å². The largest absolute Gasteiger partial charge is 0.249 e. The first-order valence-electron chi connectivity index (χ1n) is 4.25. The van der Waals surface area contributed by atoms with Crippen LogP contribution < -0.4 is 0 Å². The van der Waals surface area contributed by atoms with Crippen LogP contribution >= 0.6 is 23.1 Å². The maximum Gasteiger partial charge on any atom is 0.103 e. The van der Waals surface area contributed by atoms with Gasteiger partial charge in [-0.15, -0.1) is 11.3 Å². The first-order chi connectivity index (χ1) is 5.72. The van der Waals surface area contributed by atoms with Gasteiger partial charge in [0.2, 0.25) is 0 Å². The summed E-state index contributed by atoms with van der Waals surface area (Å²) in [4.78, 5) is 5.63. The van der Waals surface area contributed by atoms with Crippen molar-refractivity contribution in [1.29, 1.82) is 0 Å². The average molecular weight is 201 g/mol. The molecule has 0 saturated carbocycles. The van der Waals surface area contributed by atoms with Crippen molar-refractivity contribution in [2.75, 3.05) is 0 Å². The number of thioether (sulfide) groups is 1. The van der Waals surface area contributed by atoms with E-state index in [0.29, 0.717) is 0 Å². The van der Waals surface area contributed by atoms with Crippen molar-refractivity contribution in [2.45, 2.75) is 38.2 Å². The normalized spacial score (nSPS) is 13.2. The molecular formula is C9H15NS2. The molecule has 0 bridgehead atoms. The van der Waals surface area contributed by atoms with E-state index in [9.17, 15) is 0 Å². The Bertz CT molecular complexity index is 232. The third-order valence-electron chi connectivity index (χ3n) is 1.74. The van der Waals surface area contributed by atoms with E-state index in [-0.39, 0.29) is 0 Å². The number of thiazole rings is 1. The second-order valence-corrected chi connectivity index (χ2v) is 5.64. The smallest absolute Gasteiger partial charge is 0.103 e. The Morgan fingerprint density at radius 3 is 2.92 bits per heavy atom. The van der Waals surface area contributed by atoms with Gasteiger partial charge in [0.25, 0.3) is 0 Å². The summed E-state index contributed by atoms with van der Waals surface area (Å²) in [6.45, 7) is 6.60. The van der Waals surface area contributed by atoms with Crippen LogP contribution in [0.1, 0.15) is 30.2 Å². The Labute approximate surface area is 82.6 Å². The Hall–Kier alpha value is -0.0200. The molecule has 12 heavy (non-hydrogen) atoms. The zero-order valence-corrected chi connectivity index (χ0v) is 9.47. The van der Waals surface area contributed by atoms with Gasteiger partial charge in [-0.3, -0.25) is 0 Å². The van der Waals surface area contributed by atoms with E-state index in [1.807, 2.05) is 29.3 Å². The summed E-state index contributed by atoms with van der Waals surface area (Å²) in [6, 6.07) is 0. The number of aryl methyl sites for hydroxylation is 1. The van der Waals surface area contributed by atoms with E-state index in [2.05, 4.69) is 25.8 Å². The van der Waals surface area contributed by atoms with Crippen LogP contribution in [0.15, 0.2) is 6.20 Å². The fourth-order valence-corrected chi connectivity index (χ4v) is 2.56. The van der Waals surface area contributed by atoms with E-state index in [4.69, 9.17) is 0 Å². The van der Waals surface area contributed by atoms with Gasteiger partial charge in [0, 0.05) is 22.1 Å². The van der Waals surface area contributed by atoms with Crippen LogP contribution in [0.5, 0.6) is 0 Å². The van der Waals surface area contributed by atoms with Crippen LogP contribution in [0.2, 0.25) is 0 Å². The minimum Gasteiger partial charge on any atom is -0.249 e. The molecule has 0 aromatic carbocycles. The molecule has 0 radical (unpaired) electrons. The molecule has 0 spiro atoms. The lowest BCUT2D eigenvalue weighted by atomic mass is 10.4. The van der Waals surface area contributed by atoms with Crippen LogP contribution in [0, 0.1) is 6.92 Å². The second-order valence-electron chi connectivity index (χ2n) is 2.89. The van der Waals surface area contributed by atoms with Crippen molar-refractivity contribution in [3.05, 3.63) is 16.1 Å². The summed E-state index contributed by atoms with van der Waals surface area (Å²) in [5, 5.41) is 2.02. The summed E-state index contributed by atoms with van der Waals surface area (Å²) in [5.41, 5.74) is 0. The van der Waals surface area contributed by atoms with Gasteiger partial charge in [-0.25, -0.2) is 4.98 Å². The fraction of sp³-hybridized carbons (Fsp3) is 0.667. The van der Waals surface area contributed by atoms with Gasteiger partial charge in [-0.2, -0.15) is 11.8 Å². The van der Waals surface area contributed by atoms with Crippen LogP contribution in [-0.4, -0.2) is 10.2 Å². The molecule has 1 aromatic rings. The summed E-state index contributed by atoms with van der Waals surface area (Å²) >= 11 is 3.80. The SMILES string of the molecule is CCC(C)SCc1ncc(C)s1. The van der Waals surface area contributed by atoms with E-state index in [1.54, 1.807) is 0 Å². The predicted molar refractivity (Wildman–Crippen MR) is 57.9 cm³/mol. The van der Waals surface area contributed by atoms with Crippen LogP contribution in [-0.2, 0) is 5.75 Å². The highest BCUT2D eigenvalue weighted by Crippen LogP contribution is 2.22. The zero-order valence-electron chi connectivity index (χ0n) is 7.83. The van der Waals surface area contributed by atoms with E-state index in [1.165, 1.54) is 16.3 Å². The molecule has 0 aliphatic heterocycles. The Kier molecular flexibility index (Phi) is 4.09. The van der Waals surface area contributed by atoms with Crippen molar-refractivity contribution in [3.63, 3.8) is 0 Å². The molecule has 68 valence electrons. The molecule has 0 aliphatic rings. The van der Waals surface area contributed by atoms with E-state index >= 15 is 0 Å². The summed E-state index contributed by atoms with van der Waals surface area (Å²) < 4.78 is 0. The molecule has 1 unspecified atom stereocenters. The highest BCUT2D eigenvalue weighted by atomic mass is 32.2. The third kappa shape index (κ3) is 3.15. The molecule has 0 N–H and O–H groups in total. The minimum absolute atomic E-state index is 0.759. The molecule has 1 rings (SSSR count). The van der Waals surface area contributed by atoms with Gasteiger partial charge >= 0.3 is 0 Å². The quantitative estimate of drug-likeness (QED) is 0.739. The number of hydrogen-bond donors (Lipinski definition) is 0. The van der Waals surface area contributed by atoms with Gasteiger partial charge < -0.3 is 0 Å². The van der Waals surface area contributed by atoms with Crippen molar-refractivity contribution in [2.24, 2.45) is 0 Å². The lowest BCUT2D eigenvalue weighted by Crippen LogP contribution is -1.92. The molecule has 1 aromatic heterocycles. The van der Waals surface area contributed by atoms with Gasteiger partial charge in [0.1, 0.15) is 5.01 Å². The lowest BCUT2D eigenvalue weighted by Gasteiger charge is -2.04. The van der Waals surface area contributed by atoms with Crippen molar-refractivity contribution in [1.82, 2.24) is 4.98 Å². The minimum atomic E-state index is 0.759. The monoisotopic (exact) mass is 201 g/mol. The highest BCUT2D eigenvalue weighted by Gasteiger charge is 2.02. The predicted octanol–water partition coefficient (Wildman–Crippen LogP) is 3.48. The first kappa shape index (κ1) is 10.1. The first-order valence-corrected chi connectivity index (χ1v) is 6.11. The van der Waals surface area contributed by atoms with Crippen molar-refractivity contribution < 1.29 is 0 Å². The Morgan fingerprint density at radius 1 is 1.67 bits per heavy atom. The number of hydrogen-bond acceptors (Lipinski definition) is 3. The van der Waals surface area contributed by atoms with Gasteiger partial charge in [0.05, 0.1) is 0 Å². The van der Waals surface area contributed by atoms with Crippen LogP contribution in [0.3, 0.4) is 0 Å². The van der Waals surface area contributed by atoms with Gasteiger partial charge in [-0.05, 0) is 13.3 Å². The molecular weight excluding hydrogens is 186 g/mol. The molecule has 0 saturated heterocycles. The topological polar surface area (TPSA) is 12.9 Å². The third-order valence-corrected chi connectivity index (χ3v) is 4.17. The molecule has 1 atom stereocenters. The maximum atomic E-state index is 4.32. The maximum absolute atomic E-state index is 4.32. The molecule has 1 nitrogen and oxygen atoms in total.